The zero-order valence-electron chi connectivity index (χ0n) is 8.42. The highest BCUT2D eigenvalue weighted by Gasteiger charge is 2.27. The molecule has 0 spiro atoms. The van der Waals surface area contributed by atoms with Gasteiger partial charge in [-0.2, -0.15) is 0 Å². The fraction of sp³-hybridized carbons (Fsp3) is 0.364. The summed E-state index contributed by atoms with van der Waals surface area (Å²) >= 11 is 5.86. The Labute approximate surface area is 96.8 Å². The van der Waals surface area contributed by atoms with Crippen LogP contribution in [0, 0.1) is 11.6 Å². The summed E-state index contributed by atoms with van der Waals surface area (Å²) in [5, 5.41) is -0.0764. The van der Waals surface area contributed by atoms with E-state index in [2.05, 4.69) is 0 Å². The average molecular weight is 246 g/mol. The third-order valence-corrected chi connectivity index (χ3v) is 2.94. The number of likely N-dealkylation sites (tertiary alicyclic amines) is 1. The summed E-state index contributed by atoms with van der Waals surface area (Å²) in [5.74, 6) is -1.95. The molecule has 0 N–H and O–H groups in total. The normalized spacial score (nSPS) is 20.2. The topological polar surface area (TPSA) is 20.3 Å². The maximum absolute atomic E-state index is 13.3. The van der Waals surface area contributed by atoms with Gasteiger partial charge in [0.25, 0.3) is 5.91 Å². The second-order valence-corrected chi connectivity index (χ2v) is 4.38. The van der Waals surface area contributed by atoms with E-state index in [1.54, 1.807) is 0 Å². The Balaban J connectivity index is 2.21. The van der Waals surface area contributed by atoms with Gasteiger partial charge in [0.2, 0.25) is 0 Å². The van der Waals surface area contributed by atoms with E-state index in [4.69, 9.17) is 11.6 Å². The summed E-state index contributed by atoms with van der Waals surface area (Å²) in [5.41, 5.74) is -0.104. The number of rotatable bonds is 1. The predicted octanol–water partition coefficient (Wildman–Crippen LogP) is 2.42. The lowest BCUT2D eigenvalue weighted by molar-refractivity contribution is 0.0788. The van der Waals surface area contributed by atoms with Crippen LogP contribution in [0.5, 0.6) is 0 Å². The monoisotopic (exact) mass is 245 g/mol. The molecule has 5 heteroatoms. The van der Waals surface area contributed by atoms with Gasteiger partial charge in [-0.05, 0) is 18.6 Å². The van der Waals surface area contributed by atoms with Gasteiger partial charge in [0.05, 0.1) is 10.9 Å². The molecule has 1 aliphatic rings. The number of nitrogens with zero attached hydrogens (tertiary/aromatic N) is 1. The van der Waals surface area contributed by atoms with Crippen molar-refractivity contribution in [2.45, 2.75) is 11.8 Å². The molecule has 1 atom stereocenters. The van der Waals surface area contributed by atoms with Gasteiger partial charge >= 0.3 is 0 Å². The van der Waals surface area contributed by atoms with Gasteiger partial charge in [-0.1, -0.05) is 0 Å². The number of benzene rings is 1. The van der Waals surface area contributed by atoms with E-state index in [1.165, 1.54) is 4.90 Å². The van der Waals surface area contributed by atoms with Gasteiger partial charge in [0.15, 0.2) is 0 Å². The summed E-state index contributed by atoms with van der Waals surface area (Å²) in [6.07, 6.45) is 0.704. The van der Waals surface area contributed by atoms with Crippen molar-refractivity contribution in [2.24, 2.45) is 0 Å². The van der Waals surface area contributed by atoms with Crippen LogP contribution in [0.2, 0.25) is 0 Å². The van der Waals surface area contributed by atoms with Crippen molar-refractivity contribution >= 4 is 17.5 Å². The molecular weight excluding hydrogens is 236 g/mol. The highest BCUT2D eigenvalue weighted by molar-refractivity contribution is 6.21. The number of carbonyl (C=O) groups is 1. The number of hydrogen-bond acceptors (Lipinski definition) is 1. The van der Waals surface area contributed by atoms with E-state index in [0.29, 0.717) is 25.6 Å². The predicted molar refractivity (Wildman–Crippen MR) is 56.5 cm³/mol. The summed E-state index contributed by atoms with van der Waals surface area (Å²) in [4.78, 5) is 13.3. The third-order valence-electron chi connectivity index (χ3n) is 2.58. The highest BCUT2D eigenvalue weighted by Crippen LogP contribution is 2.19. The molecule has 1 aliphatic heterocycles. The van der Waals surface area contributed by atoms with Gasteiger partial charge in [-0.15, -0.1) is 11.6 Å². The fourth-order valence-corrected chi connectivity index (χ4v) is 2.00. The van der Waals surface area contributed by atoms with Crippen molar-refractivity contribution in [2.75, 3.05) is 13.1 Å². The molecule has 0 saturated carbocycles. The molecule has 0 aliphatic carbocycles. The minimum absolute atomic E-state index is 0.0764. The van der Waals surface area contributed by atoms with E-state index in [9.17, 15) is 13.6 Å². The molecular formula is C11H10ClF2NO. The maximum atomic E-state index is 13.3. The molecule has 2 rings (SSSR count). The zero-order chi connectivity index (χ0) is 11.7. The minimum atomic E-state index is -0.831. The molecule has 1 unspecified atom stereocenters. The van der Waals surface area contributed by atoms with Crippen LogP contribution in [-0.2, 0) is 0 Å². The number of carbonyl (C=O) groups excluding carboxylic acids is 1. The summed E-state index contributed by atoms with van der Waals surface area (Å²) < 4.78 is 26.0. The Kier molecular flexibility index (Phi) is 3.10. The summed E-state index contributed by atoms with van der Waals surface area (Å²) in [6.45, 7) is 0.932. The Bertz CT molecular complexity index is 424. The Morgan fingerprint density at radius 1 is 1.44 bits per heavy atom. The standard InChI is InChI=1S/C11H10ClF2NO/c12-7-3-4-15(6-7)11(16)9-2-1-8(13)5-10(9)14/h1-2,5,7H,3-4,6H2. The van der Waals surface area contributed by atoms with Crippen LogP contribution < -0.4 is 0 Å². The Morgan fingerprint density at radius 2 is 2.19 bits per heavy atom. The number of alkyl halides is 1. The van der Waals surface area contributed by atoms with E-state index < -0.39 is 17.5 Å². The van der Waals surface area contributed by atoms with Crippen LogP contribution in [0.3, 0.4) is 0 Å². The van der Waals surface area contributed by atoms with Crippen molar-refractivity contribution in [1.82, 2.24) is 4.90 Å². The molecule has 16 heavy (non-hydrogen) atoms. The van der Waals surface area contributed by atoms with Gasteiger partial charge in [0.1, 0.15) is 11.6 Å². The first kappa shape index (κ1) is 11.3. The first-order chi connectivity index (χ1) is 7.58. The summed E-state index contributed by atoms with van der Waals surface area (Å²) in [7, 11) is 0. The van der Waals surface area contributed by atoms with Gasteiger partial charge in [-0.3, -0.25) is 4.79 Å². The molecule has 0 aromatic heterocycles. The minimum Gasteiger partial charge on any atom is -0.337 e. The molecule has 1 amide bonds. The second-order valence-electron chi connectivity index (χ2n) is 3.76. The van der Waals surface area contributed by atoms with Crippen LogP contribution in [0.1, 0.15) is 16.8 Å². The smallest absolute Gasteiger partial charge is 0.256 e. The zero-order valence-corrected chi connectivity index (χ0v) is 9.18. The molecule has 1 aromatic rings. The SMILES string of the molecule is O=C(c1ccc(F)cc1F)N1CCC(Cl)C1. The molecule has 0 radical (unpaired) electrons. The van der Waals surface area contributed by atoms with Crippen molar-refractivity contribution < 1.29 is 13.6 Å². The maximum Gasteiger partial charge on any atom is 0.256 e. The van der Waals surface area contributed by atoms with Gasteiger partial charge < -0.3 is 4.90 Å². The Morgan fingerprint density at radius 3 is 2.75 bits per heavy atom. The van der Waals surface area contributed by atoms with Gasteiger partial charge in [0, 0.05) is 19.2 Å². The van der Waals surface area contributed by atoms with Crippen LogP contribution >= 0.6 is 11.6 Å². The molecule has 1 fully saturated rings. The quantitative estimate of drug-likeness (QED) is 0.696. The molecule has 0 bridgehead atoms. The lowest BCUT2D eigenvalue weighted by Crippen LogP contribution is -2.29. The van der Waals surface area contributed by atoms with Crippen LogP contribution in [0.4, 0.5) is 8.78 Å². The largest absolute Gasteiger partial charge is 0.337 e. The van der Waals surface area contributed by atoms with E-state index in [1.807, 2.05) is 0 Å². The summed E-state index contributed by atoms with van der Waals surface area (Å²) in [6, 6.07) is 2.95. The van der Waals surface area contributed by atoms with Crippen molar-refractivity contribution in [1.29, 1.82) is 0 Å². The third kappa shape index (κ3) is 2.16. The lowest BCUT2D eigenvalue weighted by Gasteiger charge is -2.15. The van der Waals surface area contributed by atoms with Crippen LogP contribution in [0.25, 0.3) is 0 Å². The molecule has 2 nitrogen and oxygen atoms in total. The van der Waals surface area contributed by atoms with Crippen molar-refractivity contribution in [3.05, 3.63) is 35.4 Å². The fourth-order valence-electron chi connectivity index (χ4n) is 1.74. The molecule has 86 valence electrons. The Hall–Kier alpha value is -1.16. The van der Waals surface area contributed by atoms with Crippen LogP contribution in [0.15, 0.2) is 18.2 Å². The average Bonchev–Trinajstić information content (AvgIpc) is 2.64. The van der Waals surface area contributed by atoms with Gasteiger partial charge in [-0.25, -0.2) is 8.78 Å². The number of hydrogen-bond donors (Lipinski definition) is 0. The highest BCUT2D eigenvalue weighted by atomic mass is 35.5. The molecule has 1 saturated heterocycles. The first-order valence-electron chi connectivity index (χ1n) is 4.96. The van der Waals surface area contributed by atoms with Crippen molar-refractivity contribution in [3.63, 3.8) is 0 Å². The first-order valence-corrected chi connectivity index (χ1v) is 5.40. The van der Waals surface area contributed by atoms with E-state index in [0.717, 1.165) is 12.1 Å². The van der Waals surface area contributed by atoms with E-state index in [-0.39, 0.29) is 10.9 Å². The second kappa shape index (κ2) is 4.37. The lowest BCUT2D eigenvalue weighted by atomic mass is 10.2. The molecule has 1 heterocycles. The van der Waals surface area contributed by atoms with Crippen LogP contribution in [-0.4, -0.2) is 29.3 Å². The van der Waals surface area contributed by atoms with E-state index >= 15 is 0 Å². The number of amides is 1. The number of halogens is 3. The van der Waals surface area contributed by atoms with Crippen molar-refractivity contribution in [3.8, 4) is 0 Å². The molecule has 1 aromatic carbocycles.